The Morgan fingerprint density at radius 2 is 2.04 bits per heavy atom. The van der Waals surface area contributed by atoms with Crippen molar-refractivity contribution in [3.63, 3.8) is 0 Å². The fourth-order valence-corrected chi connectivity index (χ4v) is 4.08. The van der Waals surface area contributed by atoms with Crippen LogP contribution in [0.2, 0.25) is 0 Å². The van der Waals surface area contributed by atoms with Crippen LogP contribution in [0.15, 0.2) is 46.2 Å². The van der Waals surface area contributed by atoms with Gasteiger partial charge in [-0.05, 0) is 29.3 Å². The minimum Gasteiger partial charge on any atom is -0.379 e. The van der Waals surface area contributed by atoms with Crippen molar-refractivity contribution in [2.75, 3.05) is 0 Å². The molecule has 0 spiro atoms. The van der Waals surface area contributed by atoms with Crippen LogP contribution in [0, 0.1) is 21.3 Å². The maximum Gasteiger partial charge on any atom is 0.292 e. The predicted molar refractivity (Wildman–Crippen MR) is 111 cm³/mol. The summed E-state index contributed by atoms with van der Waals surface area (Å²) in [6.45, 7) is -0.0922. The van der Waals surface area contributed by atoms with Gasteiger partial charge in [-0.15, -0.1) is 0 Å². The van der Waals surface area contributed by atoms with Crippen molar-refractivity contribution in [3.8, 4) is 0 Å². The number of nitro groups is 1. The van der Waals surface area contributed by atoms with Crippen LogP contribution in [0.1, 0.15) is 11.1 Å². The number of halogens is 1. The Morgan fingerprint density at radius 1 is 1.32 bits per heavy atom. The first-order valence-electron chi connectivity index (χ1n) is 7.63. The Morgan fingerprint density at radius 3 is 2.64 bits per heavy atom. The molecule has 0 aliphatic rings. The van der Waals surface area contributed by atoms with Gasteiger partial charge in [0.15, 0.2) is 5.17 Å². The minimum absolute atomic E-state index is 0.0922. The Labute approximate surface area is 173 Å². The molecule has 2 aromatic rings. The molecule has 2 aromatic carbocycles. The largest absolute Gasteiger partial charge is 0.379 e. The molecule has 0 aromatic heterocycles. The average Bonchev–Trinajstić information content (AvgIpc) is 2.62. The fourth-order valence-electron chi connectivity index (χ4n) is 2.23. The number of rotatable bonds is 7. The van der Waals surface area contributed by atoms with Crippen LogP contribution in [-0.4, -0.2) is 20.3 Å². The first-order chi connectivity index (χ1) is 13.2. The summed E-state index contributed by atoms with van der Waals surface area (Å²) in [5.41, 5.74) is 6.16. The van der Waals surface area contributed by atoms with Crippen LogP contribution in [0.3, 0.4) is 0 Å². The number of thioether (sulfide) groups is 1. The van der Waals surface area contributed by atoms with Gasteiger partial charge in [-0.1, -0.05) is 48.3 Å². The minimum atomic E-state index is -0.692. The first kappa shape index (κ1) is 22.0. The molecule has 0 aliphatic carbocycles. The van der Waals surface area contributed by atoms with E-state index >= 15 is 0 Å². The lowest BCUT2D eigenvalue weighted by Crippen LogP contribution is -2.32. The van der Waals surface area contributed by atoms with Crippen molar-refractivity contribution in [2.24, 2.45) is 11.6 Å². The van der Waals surface area contributed by atoms with E-state index in [1.165, 1.54) is 30.3 Å². The van der Waals surface area contributed by atoms with Gasteiger partial charge in [-0.2, -0.15) is 0 Å². The lowest BCUT2D eigenvalue weighted by Gasteiger charge is -2.17. The molecule has 8 nitrogen and oxygen atoms in total. The fraction of sp³-hybridized carbons (Fsp3) is 0.125. The summed E-state index contributed by atoms with van der Waals surface area (Å²) in [7, 11) is 0. The SMILES string of the molecule is N=C(N)SCc1cc(F)ccc1Sc1c(CN(N)C(=O)S)cccc1[N+](=O)[O-]. The topological polar surface area (TPSA) is 139 Å². The molecule has 0 heterocycles. The third-order valence-corrected chi connectivity index (χ3v) is 5.79. The molecule has 148 valence electrons. The van der Waals surface area contributed by atoms with E-state index in [-0.39, 0.29) is 28.0 Å². The number of amidine groups is 1. The number of nitrogens with one attached hydrogen (secondary N) is 1. The summed E-state index contributed by atoms with van der Waals surface area (Å²) < 4.78 is 13.7. The molecule has 0 aliphatic heterocycles. The molecule has 0 bridgehead atoms. The number of hydrazine groups is 1. The van der Waals surface area contributed by atoms with E-state index in [2.05, 4.69) is 12.6 Å². The number of amides is 1. The summed E-state index contributed by atoms with van der Waals surface area (Å²) in [5, 5.41) is 18.8. The number of benzene rings is 2. The van der Waals surface area contributed by atoms with Gasteiger partial charge in [-0.3, -0.25) is 25.3 Å². The molecule has 0 radical (unpaired) electrons. The highest BCUT2D eigenvalue weighted by Gasteiger charge is 2.21. The molecule has 12 heteroatoms. The Hall–Kier alpha value is -2.28. The van der Waals surface area contributed by atoms with Crippen LogP contribution in [0.5, 0.6) is 0 Å². The Kier molecular flexibility index (Phi) is 7.69. The van der Waals surface area contributed by atoms with Crippen LogP contribution in [-0.2, 0) is 12.3 Å². The second kappa shape index (κ2) is 9.78. The van der Waals surface area contributed by atoms with Gasteiger partial charge in [0, 0.05) is 16.7 Å². The number of nitrogens with two attached hydrogens (primary N) is 2. The quantitative estimate of drug-likeness (QED) is 0.0976. The number of nitrogens with zero attached hydrogens (tertiary/aromatic N) is 2. The van der Waals surface area contributed by atoms with Crippen LogP contribution < -0.4 is 11.6 Å². The average molecular weight is 442 g/mol. The zero-order valence-electron chi connectivity index (χ0n) is 14.3. The van der Waals surface area contributed by atoms with E-state index in [4.69, 9.17) is 17.0 Å². The van der Waals surface area contributed by atoms with Gasteiger partial charge in [0.05, 0.1) is 16.4 Å². The standard InChI is InChI=1S/C16H16FN5O3S3/c17-11-4-5-13(10(6-11)8-27-15(18)19)28-14-9(7-21(20)16(23)26)2-1-3-12(14)22(24)25/h1-6H,7-8,20H2,(H3,18,19)(H,23,26). The highest BCUT2D eigenvalue weighted by molar-refractivity contribution is 8.13. The molecule has 0 saturated heterocycles. The van der Waals surface area contributed by atoms with Gasteiger partial charge in [0.2, 0.25) is 0 Å². The third-order valence-electron chi connectivity index (χ3n) is 3.48. The van der Waals surface area contributed by atoms with E-state index in [0.717, 1.165) is 28.5 Å². The van der Waals surface area contributed by atoms with Crippen molar-refractivity contribution < 1.29 is 14.1 Å². The van der Waals surface area contributed by atoms with Crippen molar-refractivity contribution >= 4 is 52.2 Å². The van der Waals surface area contributed by atoms with Gasteiger partial charge in [-0.25, -0.2) is 10.2 Å². The van der Waals surface area contributed by atoms with Gasteiger partial charge < -0.3 is 5.73 Å². The van der Waals surface area contributed by atoms with Crippen LogP contribution >= 0.6 is 36.2 Å². The Balaban J connectivity index is 2.48. The summed E-state index contributed by atoms with van der Waals surface area (Å²) in [4.78, 5) is 23.1. The van der Waals surface area contributed by atoms with Crippen molar-refractivity contribution in [1.29, 1.82) is 5.41 Å². The molecule has 0 atom stereocenters. The summed E-state index contributed by atoms with van der Waals surface area (Å²) in [6, 6.07) is 8.47. The van der Waals surface area contributed by atoms with Crippen LogP contribution in [0.25, 0.3) is 0 Å². The van der Waals surface area contributed by atoms with Crippen molar-refractivity contribution in [1.82, 2.24) is 5.01 Å². The number of carbonyl (C=O) groups excluding carboxylic acids is 1. The smallest absolute Gasteiger partial charge is 0.292 e. The highest BCUT2D eigenvalue weighted by Crippen LogP contribution is 2.40. The molecule has 0 unspecified atom stereocenters. The molecule has 0 fully saturated rings. The van der Waals surface area contributed by atoms with Gasteiger partial charge in [0.25, 0.3) is 10.9 Å². The second-order valence-corrected chi connectivity index (χ2v) is 7.89. The van der Waals surface area contributed by atoms with Crippen molar-refractivity contribution in [2.45, 2.75) is 22.1 Å². The van der Waals surface area contributed by atoms with Crippen LogP contribution in [0.4, 0.5) is 14.9 Å². The monoisotopic (exact) mass is 441 g/mol. The third kappa shape index (κ3) is 5.86. The predicted octanol–water partition coefficient (Wildman–Crippen LogP) is 3.74. The second-order valence-electron chi connectivity index (χ2n) is 5.44. The summed E-state index contributed by atoms with van der Waals surface area (Å²) in [5.74, 6) is 5.36. The summed E-state index contributed by atoms with van der Waals surface area (Å²) in [6.07, 6.45) is 0. The Bertz CT molecular complexity index is 928. The molecule has 0 saturated carbocycles. The first-order valence-corrected chi connectivity index (χ1v) is 9.88. The number of hydrogen-bond acceptors (Lipinski definition) is 7. The number of nitro benzene ring substituents is 1. The van der Waals surface area contributed by atoms with E-state index in [1.807, 2.05) is 0 Å². The molecule has 5 N–H and O–H groups in total. The van der Waals surface area contributed by atoms with Gasteiger partial charge in [0.1, 0.15) is 5.82 Å². The maximum absolute atomic E-state index is 13.7. The lowest BCUT2D eigenvalue weighted by molar-refractivity contribution is -0.387. The zero-order chi connectivity index (χ0) is 20.8. The van der Waals surface area contributed by atoms with Gasteiger partial charge >= 0.3 is 0 Å². The number of thiol groups is 1. The van der Waals surface area contributed by atoms with E-state index in [9.17, 15) is 19.3 Å². The molecule has 1 amide bonds. The van der Waals surface area contributed by atoms with E-state index in [1.54, 1.807) is 6.07 Å². The normalized spacial score (nSPS) is 10.5. The molecular formula is C16H16FN5O3S3. The lowest BCUT2D eigenvalue weighted by atomic mass is 10.2. The van der Waals surface area contributed by atoms with E-state index < -0.39 is 16.0 Å². The molecule has 2 rings (SSSR count). The summed E-state index contributed by atoms with van der Waals surface area (Å²) >= 11 is 5.71. The number of carbonyl (C=O) groups is 1. The van der Waals surface area contributed by atoms with Crippen molar-refractivity contribution in [3.05, 3.63) is 63.5 Å². The maximum atomic E-state index is 13.7. The zero-order valence-corrected chi connectivity index (χ0v) is 16.8. The number of hydrogen-bond donors (Lipinski definition) is 4. The van der Waals surface area contributed by atoms with E-state index in [0.29, 0.717) is 16.0 Å². The highest BCUT2D eigenvalue weighted by atomic mass is 32.2. The molecular weight excluding hydrogens is 425 g/mol. The molecule has 28 heavy (non-hydrogen) atoms.